The smallest absolute Gasteiger partial charge is 0.166 e. The van der Waals surface area contributed by atoms with Crippen molar-refractivity contribution >= 4 is 5.69 Å². The molecule has 0 atom stereocenters. The molecule has 1 aliphatic rings. The van der Waals surface area contributed by atoms with E-state index in [1.54, 1.807) is 0 Å². The highest BCUT2D eigenvalue weighted by atomic mass is 16.9. The first-order chi connectivity index (χ1) is 8.15. The molecule has 0 aromatic heterocycles. The van der Waals surface area contributed by atoms with Crippen molar-refractivity contribution in [2.75, 3.05) is 5.23 Å². The van der Waals surface area contributed by atoms with Crippen LogP contribution in [-0.2, 0) is 0 Å². The van der Waals surface area contributed by atoms with Crippen LogP contribution in [0.3, 0.4) is 0 Å². The fraction of sp³-hybridized carbons (Fsp3) is 0.143. The average Bonchev–Trinajstić information content (AvgIpc) is 2.29. The molecule has 2 aromatic rings. The Hall–Kier alpha value is -2.00. The molecule has 1 N–H and O–H groups in total. The van der Waals surface area contributed by atoms with Crippen molar-refractivity contribution in [3.63, 3.8) is 0 Å². The maximum Gasteiger partial charge on any atom is 0.166 e. The first-order valence-electron chi connectivity index (χ1n) is 5.54. The number of rotatable bonds is 0. The lowest BCUT2D eigenvalue weighted by atomic mass is 9.99. The van der Waals surface area contributed by atoms with Crippen molar-refractivity contribution < 1.29 is 10.0 Å². The standard InChI is InChI=1S/C14H13NO2/c1-9-3-5-11-12-6-4-10(2)8-14(12)17-15(16)13(11)7-9/h3-8,16H,1-2H3. The van der Waals surface area contributed by atoms with Crippen molar-refractivity contribution in [3.05, 3.63) is 47.5 Å². The second-order valence-electron chi connectivity index (χ2n) is 4.38. The number of aryl methyl sites for hydroxylation is 2. The lowest BCUT2D eigenvalue weighted by Crippen LogP contribution is -2.26. The van der Waals surface area contributed by atoms with Crippen LogP contribution >= 0.6 is 0 Å². The van der Waals surface area contributed by atoms with Crippen LogP contribution in [0.2, 0.25) is 0 Å². The van der Waals surface area contributed by atoms with Gasteiger partial charge in [-0.25, -0.2) is 0 Å². The number of fused-ring (bicyclic) bond motifs is 3. The minimum atomic E-state index is 0.682. The van der Waals surface area contributed by atoms with Gasteiger partial charge in [-0.05, 0) is 37.1 Å². The minimum Gasteiger partial charge on any atom is -0.353 e. The number of nitrogens with zero attached hydrogens (tertiary/aromatic N) is 1. The fourth-order valence-corrected chi connectivity index (χ4v) is 2.10. The van der Waals surface area contributed by atoms with Crippen LogP contribution in [0.15, 0.2) is 36.4 Å². The molecule has 1 aliphatic heterocycles. The Labute approximate surface area is 99.8 Å². The SMILES string of the molecule is Cc1ccc2c(c1)ON(O)c1cc(C)ccc1-2. The van der Waals surface area contributed by atoms with Gasteiger partial charge in [-0.3, -0.25) is 5.21 Å². The fourth-order valence-electron chi connectivity index (χ4n) is 2.10. The third-order valence-corrected chi connectivity index (χ3v) is 2.97. The zero-order chi connectivity index (χ0) is 12.0. The van der Waals surface area contributed by atoms with Gasteiger partial charge in [-0.1, -0.05) is 29.5 Å². The molecular formula is C14H13NO2. The second-order valence-corrected chi connectivity index (χ2v) is 4.38. The van der Waals surface area contributed by atoms with Gasteiger partial charge < -0.3 is 4.84 Å². The van der Waals surface area contributed by atoms with Crippen LogP contribution in [0.25, 0.3) is 11.1 Å². The molecule has 1 heterocycles. The van der Waals surface area contributed by atoms with E-state index in [1.807, 2.05) is 50.2 Å². The summed E-state index contributed by atoms with van der Waals surface area (Å²) in [5.74, 6) is 0.684. The van der Waals surface area contributed by atoms with Crippen molar-refractivity contribution in [2.45, 2.75) is 13.8 Å². The molecule has 0 fully saturated rings. The van der Waals surface area contributed by atoms with Gasteiger partial charge in [-0.15, -0.1) is 0 Å². The molecule has 3 rings (SSSR count). The zero-order valence-electron chi connectivity index (χ0n) is 9.77. The van der Waals surface area contributed by atoms with Gasteiger partial charge >= 0.3 is 0 Å². The highest BCUT2D eigenvalue weighted by molar-refractivity contribution is 5.84. The molecule has 0 spiro atoms. The van der Waals surface area contributed by atoms with Crippen molar-refractivity contribution in [1.29, 1.82) is 0 Å². The van der Waals surface area contributed by atoms with E-state index in [2.05, 4.69) is 0 Å². The molecule has 3 heteroatoms. The average molecular weight is 227 g/mol. The van der Waals surface area contributed by atoms with E-state index in [1.165, 1.54) is 0 Å². The summed E-state index contributed by atoms with van der Waals surface area (Å²) in [4.78, 5) is 5.38. The van der Waals surface area contributed by atoms with E-state index in [0.717, 1.165) is 27.5 Å². The van der Waals surface area contributed by atoms with Crippen LogP contribution < -0.4 is 10.1 Å². The van der Waals surface area contributed by atoms with Crippen molar-refractivity contribution in [1.82, 2.24) is 0 Å². The van der Waals surface area contributed by atoms with Crippen LogP contribution in [0.1, 0.15) is 11.1 Å². The van der Waals surface area contributed by atoms with E-state index >= 15 is 0 Å². The number of anilines is 1. The van der Waals surface area contributed by atoms with E-state index < -0.39 is 0 Å². The summed E-state index contributed by atoms with van der Waals surface area (Å²) < 4.78 is 0. The Morgan fingerprint density at radius 3 is 2.35 bits per heavy atom. The van der Waals surface area contributed by atoms with Crippen LogP contribution in [0.4, 0.5) is 5.69 Å². The lowest BCUT2D eigenvalue weighted by molar-refractivity contribution is 0.0493. The molecule has 0 unspecified atom stereocenters. The summed E-state index contributed by atoms with van der Waals surface area (Å²) in [5, 5.41) is 10.7. The van der Waals surface area contributed by atoms with E-state index in [-0.39, 0.29) is 0 Å². The molecule has 0 aliphatic carbocycles. The summed E-state index contributed by atoms with van der Waals surface area (Å²) in [5.41, 5.74) is 4.87. The maximum absolute atomic E-state index is 9.83. The maximum atomic E-state index is 9.83. The first kappa shape index (κ1) is 10.2. The largest absolute Gasteiger partial charge is 0.353 e. The summed E-state index contributed by atoms with van der Waals surface area (Å²) in [6.07, 6.45) is 0. The molecule has 0 saturated carbocycles. The highest BCUT2D eigenvalue weighted by Gasteiger charge is 2.22. The lowest BCUT2D eigenvalue weighted by Gasteiger charge is -2.27. The Morgan fingerprint density at radius 2 is 1.59 bits per heavy atom. The van der Waals surface area contributed by atoms with Gasteiger partial charge in [0.15, 0.2) is 5.75 Å². The monoisotopic (exact) mass is 227 g/mol. The van der Waals surface area contributed by atoms with Gasteiger partial charge in [0.25, 0.3) is 0 Å². The van der Waals surface area contributed by atoms with Crippen molar-refractivity contribution in [3.8, 4) is 16.9 Å². The summed E-state index contributed by atoms with van der Waals surface area (Å²) in [7, 11) is 0. The van der Waals surface area contributed by atoms with Crippen LogP contribution in [-0.4, -0.2) is 5.21 Å². The number of hydrogen-bond acceptors (Lipinski definition) is 3. The molecule has 86 valence electrons. The molecule has 0 amide bonds. The van der Waals surface area contributed by atoms with Crippen LogP contribution in [0.5, 0.6) is 5.75 Å². The number of hydrogen-bond donors (Lipinski definition) is 1. The molecule has 0 radical (unpaired) electrons. The molecule has 0 saturated heterocycles. The summed E-state index contributed by atoms with van der Waals surface area (Å²) in [6.45, 7) is 3.98. The van der Waals surface area contributed by atoms with Gasteiger partial charge in [-0.2, -0.15) is 0 Å². The van der Waals surface area contributed by atoms with Gasteiger partial charge in [0.2, 0.25) is 0 Å². The summed E-state index contributed by atoms with van der Waals surface area (Å²) >= 11 is 0. The van der Waals surface area contributed by atoms with Crippen LogP contribution in [0, 0.1) is 13.8 Å². The molecule has 0 bridgehead atoms. The third kappa shape index (κ3) is 1.56. The molecule has 17 heavy (non-hydrogen) atoms. The zero-order valence-corrected chi connectivity index (χ0v) is 9.77. The minimum absolute atomic E-state index is 0.682. The van der Waals surface area contributed by atoms with Gasteiger partial charge in [0, 0.05) is 11.1 Å². The van der Waals surface area contributed by atoms with Gasteiger partial charge in [0.05, 0.1) is 0 Å². The first-order valence-corrected chi connectivity index (χ1v) is 5.54. The molecular weight excluding hydrogens is 214 g/mol. The predicted octanol–water partition coefficient (Wildman–Crippen LogP) is 3.47. The Balaban J connectivity index is 2.26. The quantitative estimate of drug-likeness (QED) is 0.748. The van der Waals surface area contributed by atoms with Gasteiger partial charge in [0.1, 0.15) is 5.69 Å². The Morgan fingerprint density at radius 1 is 0.941 bits per heavy atom. The predicted molar refractivity (Wildman–Crippen MR) is 66.2 cm³/mol. The molecule has 3 nitrogen and oxygen atoms in total. The normalized spacial score (nSPS) is 12.8. The molecule has 2 aromatic carbocycles. The third-order valence-electron chi connectivity index (χ3n) is 2.97. The highest BCUT2D eigenvalue weighted by Crippen LogP contribution is 2.41. The Bertz CT molecular complexity index is 593. The second kappa shape index (κ2) is 3.50. The van der Waals surface area contributed by atoms with Crippen molar-refractivity contribution in [2.24, 2.45) is 0 Å². The summed E-state index contributed by atoms with van der Waals surface area (Å²) in [6, 6.07) is 11.9. The number of benzene rings is 2. The van der Waals surface area contributed by atoms with E-state index in [9.17, 15) is 5.21 Å². The topological polar surface area (TPSA) is 32.7 Å². The van der Waals surface area contributed by atoms with E-state index in [0.29, 0.717) is 11.4 Å². The van der Waals surface area contributed by atoms with E-state index in [4.69, 9.17) is 4.84 Å². The Kier molecular flexibility index (Phi) is 2.09.